The number of pyridine rings is 1. The second kappa shape index (κ2) is 9.14. The smallest absolute Gasteiger partial charge is 0.237 e. The van der Waals surface area contributed by atoms with E-state index in [4.69, 9.17) is 0 Å². The van der Waals surface area contributed by atoms with Gasteiger partial charge in [0.15, 0.2) is 0 Å². The molecule has 1 aliphatic carbocycles. The van der Waals surface area contributed by atoms with Crippen molar-refractivity contribution in [3.63, 3.8) is 0 Å². The van der Waals surface area contributed by atoms with Gasteiger partial charge in [-0.3, -0.25) is 19.5 Å². The summed E-state index contributed by atoms with van der Waals surface area (Å²) in [6, 6.07) is 14.9. The minimum Gasteiger partial charge on any atom is -0.334 e. The third-order valence-corrected chi connectivity index (χ3v) is 8.48. The number of rotatable bonds is 6. The summed E-state index contributed by atoms with van der Waals surface area (Å²) in [6.45, 7) is 5.11. The molecule has 1 saturated carbocycles. The molecule has 2 saturated heterocycles. The quantitative estimate of drug-likeness (QED) is 0.662. The minimum absolute atomic E-state index is 0.0219. The summed E-state index contributed by atoms with van der Waals surface area (Å²) < 4.78 is 0. The Kier molecular flexibility index (Phi) is 6.19. The normalized spacial score (nSPS) is 30.0. The number of fused-ring (bicyclic) bond motifs is 1. The van der Waals surface area contributed by atoms with Gasteiger partial charge in [0.1, 0.15) is 0 Å². The molecule has 1 aromatic heterocycles. The molecule has 2 bridgehead atoms. The van der Waals surface area contributed by atoms with Crippen LogP contribution >= 0.6 is 0 Å². The maximum atomic E-state index is 13.9. The second-order valence-corrected chi connectivity index (χ2v) is 10.8. The van der Waals surface area contributed by atoms with Crippen LogP contribution < -0.4 is 0 Å². The molecule has 1 aromatic carbocycles. The largest absolute Gasteiger partial charge is 0.334 e. The predicted molar refractivity (Wildman–Crippen MR) is 132 cm³/mol. The molecule has 5 rings (SSSR count). The SMILES string of the molecule is CC(=O)N1[C@@H](Cc2ccccc2)[C@@H]2C[C@@]3(C)[C@H](CCC[C@@H]13)N2C(=O)CN(C)Cc1cccnc1. The Morgan fingerprint density at radius 3 is 2.44 bits per heavy atom. The van der Waals surface area contributed by atoms with Gasteiger partial charge in [-0.15, -0.1) is 0 Å². The highest BCUT2D eigenvalue weighted by Crippen LogP contribution is 2.56. The fourth-order valence-electron chi connectivity index (χ4n) is 7.16. The molecule has 2 aromatic rings. The lowest BCUT2D eigenvalue weighted by Crippen LogP contribution is -2.62. The van der Waals surface area contributed by atoms with Gasteiger partial charge >= 0.3 is 0 Å². The van der Waals surface area contributed by atoms with Gasteiger partial charge in [0.25, 0.3) is 0 Å². The molecule has 3 fully saturated rings. The molecule has 5 atom stereocenters. The topological polar surface area (TPSA) is 56.8 Å². The lowest BCUT2D eigenvalue weighted by atomic mass is 9.64. The average Bonchev–Trinajstić information content (AvgIpc) is 3.12. The Morgan fingerprint density at radius 2 is 1.76 bits per heavy atom. The van der Waals surface area contributed by atoms with Crippen molar-refractivity contribution in [1.82, 2.24) is 19.7 Å². The highest BCUT2D eigenvalue weighted by molar-refractivity contribution is 5.81. The molecule has 0 unspecified atom stereocenters. The van der Waals surface area contributed by atoms with Crippen molar-refractivity contribution < 1.29 is 9.59 Å². The molecular formula is C28H36N4O2. The molecule has 6 nitrogen and oxygen atoms in total. The lowest BCUT2D eigenvalue weighted by molar-refractivity contribution is -0.143. The first-order chi connectivity index (χ1) is 16.4. The third-order valence-electron chi connectivity index (χ3n) is 8.48. The van der Waals surface area contributed by atoms with Gasteiger partial charge in [-0.25, -0.2) is 0 Å². The summed E-state index contributed by atoms with van der Waals surface area (Å²) in [4.78, 5) is 37.6. The van der Waals surface area contributed by atoms with Gasteiger partial charge in [0.05, 0.1) is 18.6 Å². The van der Waals surface area contributed by atoms with Crippen molar-refractivity contribution in [2.45, 2.75) is 76.7 Å². The van der Waals surface area contributed by atoms with E-state index < -0.39 is 0 Å². The van der Waals surface area contributed by atoms with Crippen molar-refractivity contribution in [2.75, 3.05) is 13.6 Å². The highest BCUT2D eigenvalue weighted by Gasteiger charge is 2.64. The van der Waals surface area contributed by atoms with E-state index in [1.165, 1.54) is 5.56 Å². The van der Waals surface area contributed by atoms with Gasteiger partial charge in [-0.1, -0.05) is 43.3 Å². The minimum atomic E-state index is -0.0284. The molecule has 2 amide bonds. The zero-order valence-corrected chi connectivity index (χ0v) is 20.6. The Labute approximate surface area is 202 Å². The highest BCUT2D eigenvalue weighted by atomic mass is 16.2. The molecule has 34 heavy (non-hydrogen) atoms. The number of nitrogens with zero attached hydrogens (tertiary/aromatic N) is 4. The van der Waals surface area contributed by atoms with Crippen LogP contribution in [0.15, 0.2) is 54.9 Å². The number of carbonyl (C=O) groups excluding carboxylic acids is 2. The number of aromatic nitrogens is 1. The summed E-state index contributed by atoms with van der Waals surface area (Å²) in [5.74, 6) is 0.333. The number of piperidine rings is 1. The van der Waals surface area contributed by atoms with E-state index in [0.29, 0.717) is 13.1 Å². The van der Waals surface area contributed by atoms with E-state index in [1.54, 1.807) is 13.1 Å². The van der Waals surface area contributed by atoms with E-state index in [0.717, 1.165) is 37.7 Å². The zero-order valence-electron chi connectivity index (χ0n) is 20.6. The van der Waals surface area contributed by atoms with Crippen LogP contribution in [0.2, 0.25) is 0 Å². The molecule has 0 radical (unpaired) electrons. The standard InChI is InChI=1S/C28H36N4O2/c1-20(33)31-23(15-21-9-5-4-6-10-21)24-16-28(2)25(31)12-7-13-26(28)32(24)27(34)19-30(3)18-22-11-8-14-29-17-22/h4-6,8-11,14,17,23-26H,7,12-13,15-16,18-19H2,1-3H3/t23-,24-,25+,26-,28+/m0/s1. The number of hydrogen-bond donors (Lipinski definition) is 0. The van der Waals surface area contributed by atoms with Crippen LogP contribution in [0.25, 0.3) is 0 Å². The maximum Gasteiger partial charge on any atom is 0.237 e. The Hall–Kier alpha value is -2.73. The van der Waals surface area contributed by atoms with Crippen LogP contribution in [0, 0.1) is 5.41 Å². The van der Waals surface area contributed by atoms with Crippen LogP contribution in [0.3, 0.4) is 0 Å². The van der Waals surface area contributed by atoms with Crippen molar-refractivity contribution in [2.24, 2.45) is 5.41 Å². The lowest BCUT2D eigenvalue weighted by Gasteiger charge is -2.52. The maximum absolute atomic E-state index is 13.9. The Balaban J connectivity index is 1.44. The van der Waals surface area contributed by atoms with E-state index >= 15 is 0 Å². The van der Waals surface area contributed by atoms with Gasteiger partial charge in [-0.2, -0.15) is 0 Å². The zero-order chi connectivity index (χ0) is 23.9. The van der Waals surface area contributed by atoms with Crippen LogP contribution in [0.4, 0.5) is 0 Å². The molecular weight excluding hydrogens is 424 g/mol. The third kappa shape index (κ3) is 4.02. The Bertz CT molecular complexity index is 1030. The number of carbonyl (C=O) groups is 2. The molecule has 2 aliphatic heterocycles. The first-order valence-electron chi connectivity index (χ1n) is 12.6. The predicted octanol–water partition coefficient (Wildman–Crippen LogP) is 3.52. The molecule has 3 aliphatic rings. The van der Waals surface area contributed by atoms with Crippen molar-refractivity contribution in [3.05, 3.63) is 66.0 Å². The van der Waals surface area contributed by atoms with Crippen LogP contribution in [-0.2, 0) is 22.6 Å². The van der Waals surface area contributed by atoms with Crippen molar-refractivity contribution in [1.29, 1.82) is 0 Å². The van der Waals surface area contributed by atoms with Gasteiger partial charge in [0.2, 0.25) is 11.8 Å². The van der Waals surface area contributed by atoms with Crippen molar-refractivity contribution in [3.8, 4) is 0 Å². The van der Waals surface area contributed by atoms with Crippen LogP contribution in [0.1, 0.15) is 50.7 Å². The fourth-order valence-corrected chi connectivity index (χ4v) is 7.16. The van der Waals surface area contributed by atoms with Gasteiger partial charge in [0, 0.05) is 43.4 Å². The second-order valence-electron chi connectivity index (χ2n) is 10.8. The number of hydrogen-bond acceptors (Lipinski definition) is 4. The first kappa shape index (κ1) is 23.0. The monoisotopic (exact) mass is 460 g/mol. The summed E-state index contributed by atoms with van der Waals surface area (Å²) in [6.07, 6.45) is 8.54. The number of likely N-dealkylation sites (tertiary alicyclic amines) is 2. The first-order valence-corrected chi connectivity index (χ1v) is 12.6. The molecule has 0 N–H and O–H groups in total. The summed E-state index contributed by atoms with van der Waals surface area (Å²) in [7, 11) is 2.00. The summed E-state index contributed by atoms with van der Waals surface area (Å²) in [5.41, 5.74) is 2.30. The summed E-state index contributed by atoms with van der Waals surface area (Å²) >= 11 is 0. The van der Waals surface area contributed by atoms with E-state index in [2.05, 4.69) is 50.9 Å². The van der Waals surface area contributed by atoms with E-state index in [-0.39, 0.29) is 41.4 Å². The van der Waals surface area contributed by atoms with Crippen molar-refractivity contribution >= 4 is 11.8 Å². The average molecular weight is 461 g/mol. The fraction of sp³-hybridized carbons (Fsp3) is 0.536. The number of likely N-dealkylation sites (N-methyl/N-ethyl adjacent to an activating group) is 1. The van der Waals surface area contributed by atoms with Crippen LogP contribution in [-0.4, -0.2) is 69.3 Å². The number of benzene rings is 1. The molecule has 180 valence electrons. The van der Waals surface area contributed by atoms with E-state index in [1.807, 2.05) is 31.4 Å². The van der Waals surface area contributed by atoms with Gasteiger partial charge < -0.3 is 9.80 Å². The summed E-state index contributed by atoms with van der Waals surface area (Å²) in [5, 5.41) is 0. The molecule has 3 heterocycles. The van der Waals surface area contributed by atoms with E-state index in [9.17, 15) is 9.59 Å². The Morgan fingerprint density at radius 1 is 1.06 bits per heavy atom. The molecule has 6 heteroatoms. The number of amides is 2. The van der Waals surface area contributed by atoms with Crippen LogP contribution in [0.5, 0.6) is 0 Å². The molecule has 0 spiro atoms. The van der Waals surface area contributed by atoms with Gasteiger partial charge in [-0.05, 0) is 56.3 Å².